The van der Waals surface area contributed by atoms with Crippen LogP contribution in [0.3, 0.4) is 0 Å². The molecule has 0 spiro atoms. The van der Waals surface area contributed by atoms with E-state index >= 15 is 0 Å². The zero-order chi connectivity index (χ0) is 14.7. The van der Waals surface area contributed by atoms with E-state index in [1.54, 1.807) is 6.07 Å². The monoisotopic (exact) mass is 334 g/mol. The first-order valence-electron chi connectivity index (χ1n) is 6.09. The third-order valence-corrected chi connectivity index (χ3v) is 3.57. The van der Waals surface area contributed by atoms with Crippen LogP contribution in [0.25, 0.3) is 0 Å². The van der Waals surface area contributed by atoms with Crippen molar-refractivity contribution in [1.29, 1.82) is 0 Å². The summed E-state index contributed by atoms with van der Waals surface area (Å²) in [6.45, 7) is 2.67. The van der Waals surface area contributed by atoms with E-state index in [0.717, 1.165) is 15.7 Å². The summed E-state index contributed by atoms with van der Waals surface area (Å²) in [6.07, 6.45) is 0. The molecule has 2 aromatic carbocycles. The summed E-state index contributed by atoms with van der Waals surface area (Å²) in [5.41, 5.74) is 9.54. The van der Waals surface area contributed by atoms with E-state index < -0.39 is 5.97 Å². The third kappa shape index (κ3) is 3.30. The third-order valence-electron chi connectivity index (χ3n) is 3.08. The van der Waals surface area contributed by atoms with Gasteiger partial charge >= 0.3 is 5.97 Å². The van der Waals surface area contributed by atoms with E-state index in [1.165, 1.54) is 17.7 Å². The Morgan fingerprint density at radius 3 is 2.70 bits per heavy atom. The average Bonchev–Trinajstić information content (AvgIpc) is 2.40. The number of carboxylic acids is 1. The molecule has 2 rings (SSSR count). The summed E-state index contributed by atoms with van der Waals surface area (Å²) in [6, 6.07) is 10.8. The number of hydrogen-bond donors (Lipinski definition) is 3. The van der Waals surface area contributed by atoms with E-state index in [0.29, 0.717) is 12.2 Å². The molecule has 0 aliphatic rings. The second kappa shape index (κ2) is 5.96. The number of carboxylic acid groups (broad SMARTS) is 1. The molecule has 0 aliphatic carbocycles. The summed E-state index contributed by atoms with van der Waals surface area (Å²) >= 11 is 3.44. The highest BCUT2D eigenvalue weighted by Crippen LogP contribution is 2.22. The Morgan fingerprint density at radius 1 is 1.30 bits per heavy atom. The van der Waals surface area contributed by atoms with Gasteiger partial charge in [-0.2, -0.15) is 0 Å². The first kappa shape index (κ1) is 14.4. The summed E-state index contributed by atoms with van der Waals surface area (Å²) in [5.74, 6) is -0.980. The molecule has 2 aromatic rings. The summed E-state index contributed by atoms with van der Waals surface area (Å²) in [7, 11) is 0. The van der Waals surface area contributed by atoms with E-state index in [2.05, 4.69) is 21.2 Å². The maximum absolute atomic E-state index is 10.8. The van der Waals surface area contributed by atoms with Crippen LogP contribution < -0.4 is 11.1 Å². The topological polar surface area (TPSA) is 75.3 Å². The average molecular weight is 335 g/mol. The van der Waals surface area contributed by atoms with Gasteiger partial charge in [-0.25, -0.2) is 4.79 Å². The normalized spacial score (nSPS) is 10.3. The Labute approximate surface area is 125 Å². The minimum absolute atomic E-state index is 0.187. The molecule has 0 saturated carbocycles. The van der Waals surface area contributed by atoms with E-state index in [1.807, 2.05) is 25.1 Å². The van der Waals surface area contributed by atoms with Crippen LogP contribution in [0.5, 0.6) is 0 Å². The first-order chi connectivity index (χ1) is 9.47. The largest absolute Gasteiger partial charge is 0.478 e. The van der Waals surface area contributed by atoms with Crippen molar-refractivity contribution in [2.75, 3.05) is 11.1 Å². The lowest BCUT2D eigenvalue weighted by Gasteiger charge is -2.12. The van der Waals surface area contributed by atoms with Crippen molar-refractivity contribution < 1.29 is 9.90 Å². The van der Waals surface area contributed by atoms with E-state index in [-0.39, 0.29) is 5.56 Å². The number of nitrogens with two attached hydrogens (primary N) is 1. The van der Waals surface area contributed by atoms with Gasteiger partial charge in [0, 0.05) is 11.0 Å². The quantitative estimate of drug-likeness (QED) is 0.746. The van der Waals surface area contributed by atoms with Gasteiger partial charge in [0.25, 0.3) is 0 Å². The molecule has 20 heavy (non-hydrogen) atoms. The van der Waals surface area contributed by atoms with Gasteiger partial charge in [0.05, 0.1) is 16.9 Å². The lowest BCUT2D eigenvalue weighted by Crippen LogP contribution is -2.05. The van der Waals surface area contributed by atoms with Gasteiger partial charge in [-0.1, -0.05) is 22.0 Å². The number of rotatable bonds is 4. The van der Waals surface area contributed by atoms with E-state index in [4.69, 9.17) is 10.8 Å². The van der Waals surface area contributed by atoms with Crippen LogP contribution in [0.15, 0.2) is 40.9 Å². The number of anilines is 2. The molecular weight excluding hydrogens is 320 g/mol. The predicted molar refractivity (Wildman–Crippen MR) is 84.0 cm³/mol. The van der Waals surface area contributed by atoms with Gasteiger partial charge in [-0.3, -0.25) is 0 Å². The number of nitrogen functional groups attached to an aromatic ring is 1. The van der Waals surface area contributed by atoms with Gasteiger partial charge in [-0.05, 0) is 48.4 Å². The Bertz CT molecular complexity index is 656. The number of hydrogen-bond acceptors (Lipinski definition) is 3. The van der Waals surface area contributed by atoms with Crippen molar-refractivity contribution in [3.8, 4) is 0 Å². The Balaban J connectivity index is 2.15. The number of carbonyl (C=O) groups is 1. The molecule has 0 amide bonds. The van der Waals surface area contributed by atoms with Crippen molar-refractivity contribution >= 4 is 33.3 Å². The van der Waals surface area contributed by atoms with Crippen LogP contribution in [-0.4, -0.2) is 11.1 Å². The molecule has 4 N–H and O–H groups in total. The number of nitrogens with one attached hydrogen (secondary N) is 1. The molecule has 0 fully saturated rings. The molecule has 0 bridgehead atoms. The summed E-state index contributed by atoms with van der Waals surface area (Å²) < 4.78 is 1.02. The standard InChI is InChI=1S/C15H15BrN2O2/c1-9-2-4-12(16)6-11(9)8-18-14-5-3-10(15(19)20)7-13(14)17/h2-7,18H,8,17H2,1H3,(H,19,20). The molecule has 5 heteroatoms. The fraction of sp³-hybridized carbons (Fsp3) is 0.133. The van der Waals surface area contributed by atoms with Crippen LogP contribution in [-0.2, 0) is 6.54 Å². The Kier molecular flexibility index (Phi) is 4.29. The van der Waals surface area contributed by atoms with Gasteiger partial charge in [-0.15, -0.1) is 0 Å². The number of halogens is 1. The molecule has 0 heterocycles. The van der Waals surface area contributed by atoms with Gasteiger partial charge in [0.2, 0.25) is 0 Å². The van der Waals surface area contributed by atoms with Crippen LogP contribution in [0.2, 0.25) is 0 Å². The van der Waals surface area contributed by atoms with Crippen LogP contribution in [0.4, 0.5) is 11.4 Å². The van der Waals surface area contributed by atoms with Crippen molar-refractivity contribution in [2.24, 2.45) is 0 Å². The second-order valence-electron chi connectivity index (χ2n) is 4.53. The highest BCUT2D eigenvalue weighted by atomic mass is 79.9. The minimum atomic E-state index is -0.980. The number of aromatic carboxylic acids is 1. The molecule has 104 valence electrons. The first-order valence-corrected chi connectivity index (χ1v) is 6.88. The number of benzene rings is 2. The number of aryl methyl sites for hydroxylation is 1. The fourth-order valence-electron chi connectivity index (χ4n) is 1.88. The molecule has 4 nitrogen and oxygen atoms in total. The SMILES string of the molecule is Cc1ccc(Br)cc1CNc1ccc(C(=O)O)cc1N. The zero-order valence-corrected chi connectivity index (χ0v) is 12.6. The molecule has 0 aromatic heterocycles. The zero-order valence-electron chi connectivity index (χ0n) is 11.0. The van der Waals surface area contributed by atoms with Crippen LogP contribution in [0.1, 0.15) is 21.5 Å². The summed E-state index contributed by atoms with van der Waals surface area (Å²) in [4.78, 5) is 10.8. The van der Waals surface area contributed by atoms with E-state index in [9.17, 15) is 4.79 Å². The van der Waals surface area contributed by atoms with Gasteiger partial charge in [0.1, 0.15) is 0 Å². The lowest BCUT2D eigenvalue weighted by atomic mass is 10.1. The smallest absolute Gasteiger partial charge is 0.335 e. The molecule has 0 saturated heterocycles. The molecule has 0 unspecified atom stereocenters. The summed E-state index contributed by atoms with van der Waals surface area (Å²) in [5, 5.41) is 12.1. The Morgan fingerprint density at radius 2 is 2.05 bits per heavy atom. The van der Waals surface area contributed by atoms with Crippen LogP contribution >= 0.6 is 15.9 Å². The van der Waals surface area contributed by atoms with Crippen molar-refractivity contribution in [3.63, 3.8) is 0 Å². The van der Waals surface area contributed by atoms with Crippen molar-refractivity contribution in [2.45, 2.75) is 13.5 Å². The van der Waals surface area contributed by atoms with Crippen molar-refractivity contribution in [3.05, 3.63) is 57.6 Å². The predicted octanol–water partition coefficient (Wildman–Crippen LogP) is 3.65. The lowest BCUT2D eigenvalue weighted by molar-refractivity contribution is 0.0697. The van der Waals surface area contributed by atoms with Crippen LogP contribution in [0, 0.1) is 6.92 Å². The molecule has 0 radical (unpaired) electrons. The van der Waals surface area contributed by atoms with Crippen molar-refractivity contribution in [1.82, 2.24) is 0 Å². The second-order valence-corrected chi connectivity index (χ2v) is 5.45. The highest BCUT2D eigenvalue weighted by molar-refractivity contribution is 9.10. The minimum Gasteiger partial charge on any atom is -0.478 e. The Hall–Kier alpha value is -2.01. The van der Waals surface area contributed by atoms with Gasteiger partial charge < -0.3 is 16.2 Å². The fourth-order valence-corrected chi connectivity index (χ4v) is 2.29. The molecule has 0 atom stereocenters. The molecule has 0 aliphatic heterocycles. The maximum Gasteiger partial charge on any atom is 0.335 e. The van der Waals surface area contributed by atoms with Gasteiger partial charge in [0.15, 0.2) is 0 Å². The maximum atomic E-state index is 10.8. The molecular formula is C15H15BrN2O2. The highest BCUT2D eigenvalue weighted by Gasteiger charge is 2.06.